The van der Waals surface area contributed by atoms with Gasteiger partial charge in [-0.2, -0.15) is 0 Å². The number of methoxy groups -OCH3 is 1. The molecule has 4 rings (SSSR count). The summed E-state index contributed by atoms with van der Waals surface area (Å²) in [5.41, 5.74) is 4.94. The van der Waals surface area contributed by atoms with Crippen LogP contribution in [0.5, 0.6) is 5.75 Å². The summed E-state index contributed by atoms with van der Waals surface area (Å²) < 4.78 is 13.2. The molecule has 0 radical (unpaired) electrons. The second kappa shape index (κ2) is 6.80. The third kappa shape index (κ3) is 2.80. The zero-order valence-corrected chi connectivity index (χ0v) is 16.1. The topological polar surface area (TPSA) is 43.4 Å². The van der Waals surface area contributed by atoms with Crippen LogP contribution in [0.3, 0.4) is 0 Å². The number of fused-ring (bicyclic) bond motifs is 1. The van der Waals surface area contributed by atoms with Gasteiger partial charge in [0.25, 0.3) is 0 Å². The summed E-state index contributed by atoms with van der Waals surface area (Å²) in [4.78, 5) is 2.58. The molecule has 1 aliphatic rings. The lowest BCUT2D eigenvalue weighted by molar-refractivity contribution is 0.245. The van der Waals surface area contributed by atoms with Crippen LogP contribution in [0.2, 0.25) is 0 Å². The maximum atomic E-state index is 5.56. The Morgan fingerprint density at radius 3 is 2.96 bits per heavy atom. The molecule has 0 saturated carbocycles. The Morgan fingerprint density at radius 1 is 1.35 bits per heavy atom. The second-order valence-electron chi connectivity index (χ2n) is 7.24. The third-order valence-electron chi connectivity index (χ3n) is 5.65. The Morgan fingerprint density at radius 2 is 2.19 bits per heavy atom. The molecule has 3 aromatic rings. The van der Waals surface area contributed by atoms with E-state index in [1.54, 1.807) is 7.11 Å². The Labute approximate surface area is 154 Å². The highest BCUT2D eigenvalue weighted by Crippen LogP contribution is 2.38. The number of nitrogens with zero attached hydrogens (tertiary/aromatic N) is 3. The van der Waals surface area contributed by atoms with Crippen molar-refractivity contribution >= 4 is 10.9 Å². The first kappa shape index (κ1) is 17.2. The Bertz CT molecular complexity index is 925. The van der Waals surface area contributed by atoms with Crippen molar-refractivity contribution in [1.82, 2.24) is 14.6 Å². The van der Waals surface area contributed by atoms with Gasteiger partial charge < -0.3 is 13.8 Å². The van der Waals surface area contributed by atoms with Crippen molar-refractivity contribution in [3.8, 4) is 5.75 Å². The predicted molar refractivity (Wildman–Crippen MR) is 102 cm³/mol. The molecule has 1 atom stereocenters. The Hall–Kier alpha value is -2.27. The van der Waals surface area contributed by atoms with Gasteiger partial charge in [-0.05, 0) is 50.1 Å². The van der Waals surface area contributed by atoms with Gasteiger partial charge in [0.05, 0.1) is 12.8 Å². The molecule has 1 fully saturated rings. The largest absolute Gasteiger partial charge is 0.497 e. The van der Waals surface area contributed by atoms with Crippen LogP contribution in [0.25, 0.3) is 10.9 Å². The minimum Gasteiger partial charge on any atom is -0.497 e. The lowest BCUT2D eigenvalue weighted by Crippen LogP contribution is -2.23. The molecule has 3 heterocycles. The SMILES string of the molecule is CCc1onc(C)c1[C@@H]1CCCN1Cc1cn(C)c2ccc(OC)cc12. The number of aromatic nitrogens is 2. The first-order valence-electron chi connectivity index (χ1n) is 9.43. The summed E-state index contributed by atoms with van der Waals surface area (Å²) in [5, 5.41) is 5.50. The van der Waals surface area contributed by atoms with E-state index in [0.29, 0.717) is 6.04 Å². The molecule has 0 bridgehead atoms. The fourth-order valence-corrected chi connectivity index (χ4v) is 4.37. The van der Waals surface area contributed by atoms with Crippen molar-refractivity contribution in [3.63, 3.8) is 0 Å². The summed E-state index contributed by atoms with van der Waals surface area (Å²) >= 11 is 0. The van der Waals surface area contributed by atoms with Gasteiger partial charge >= 0.3 is 0 Å². The van der Waals surface area contributed by atoms with Gasteiger partial charge in [0.2, 0.25) is 0 Å². The fourth-order valence-electron chi connectivity index (χ4n) is 4.37. The van der Waals surface area contributed by atoms with Crippen LogP contribution in [0, 0.1) is 6.92 Å². The van der Waals surface area contributed by atoms with E-state index < -0.39 is 0 Å². The highest BCUT2D eigenvalue weighted by molar-refractivity contribution is 5.85. The molecule has 1 saturated heterocycles. The summed E-state index contributed by atoms with van der Waals surface area (Å²) in [5.74, 6) is 1.95. The molecule has 0 spiro atoms. The van der Waals surface area contributed by atoms with E-state index in [4.69, 9.17) is 9.26 Å². The maximum absolute atomic E-state index is 5.56. The number of hydrogen-bond acceptors (Lipinski definition) is 4. The lowest BCUT2D eigenvalue weighted by atomic mass is 10.0. The number of hydrogen-bond donors (Lipinski definition) is 0. The molecule has 138 valence electrons. The van der Waals surface area contributed by atoms with Crippen molar-refractivity contribution in [2.45, 2.75) is 45.7 Å². The monoisotopic (exact) mass is 353 g/mol. The Kier molecular flexibility index (Phi) is 4.49. The summed E-state index contributed by atoms with van der Waals surface area (Å²) in [7, 11) is 3.83. The molecular weight excluding hydrogens is 326 g/mol. The molecule has 5 nitrogen and oxygen atoms in total. The van der Waals surface area contributed by atoms with Crippen LogP contribution < -0.4 is 4.74 Å². The number of aryl methyl sites for hydroxylation is 3. The van der Waals surface area contributed by atoms with Gasteiger partial charge in [0, 0.05) is 48.7 Å². The minimum absolute atomic E-state index is 0.400. The van der Waals surface area contributed by atoms with Gasteiger partial charge in [0.1, 0.15) is 11.5 Å². The predicted octanol–water partition coefficient (Wildman–Crippen LogP) is 4.38. The zero-order valence-electron chi connectivity index (χ0n) is 16.1. The number of ether oxygens (including phenoxy) is 1. The van der Waals surface area contributed by atoms with Crippen LogP contribution in [0.1, 0.15) is 48.4 Å². The van der Waals surface area contributed by atoms with Gasteiger partial charge in [-0.15, -0.1) is 0 Å². The molecular formula is C21H27N3O2. The first-order valence-corrected chi connectivity index (χ1v) is 9.43. The molecule has 1 aliphatic heterocycles. The van der Waals surface area contributed by atoms with Crippen LogP contribution in [-0.4, -0.2) is 28.3 Å². The second-order valence-corrected chi connectivity index (χ2v) is 7.24. The van der Waals surface area contributed by atoms with E-state index in [-0.39, 0.29) is 0 Å². The number of benzene rings is 1. The molecule has 0 amide bonds. The van der Waals surface area contributed by atoms with Crippen LogP contribution in [0.4, 0.5) is 0 Å². The summed E-state index contributed by atoms with van der Waals surface area (Å²) in [6.07, 6.45) is 5.53. The quantitative estimate of drug-likeness (QED) is 0.683. The number of likely N-dealkylation sites (tertiary alicyclic amines) is 1. The van der Waals surface area contributed by atoms with E-state index in [2.05, 4.69) is 53.8 Å². The van der Waals surface area contributed by atoms with Gasteiger partial charge in [0.15, 0.2) is 0 Å². The van der Waals surface area contributed by atoms with Crippen molar-refractivity contribution < 1.29 is 9.26 Å². The summed E-state index contributed by atoms with van der Waals surface area (Å²) in [6.45, 7) is 6.25. The first-order chi connectivity index (χ1) is 12.6. The van der Waals surface area contributed by atoms with Crippen LogP contribution in [-0.2, 0) is 20.0 Å². The van der Waals surface area contributed by atoms with Gasteiger partial charge in [-0.3, -0.25) is 4.90 Å². The standard InChI is InChI=1S/C21H27N3O2/c1-5-20-21(14(2)22-26-20)19-7-6-10-24(19)13-15-12-23(3)18-9-8-16(25-4)11-17(15)18/h8-9,11-12,19H,5-7,10,13H2,1-4H3/t19-/m0/s1. The van der Waals surface area contributed by atoms with Gasteiger partial charge in [-0.1, -0.05) is 12.1 Å². The molecule has 1 aromatic carbocycles. The molecule has 0 unspecified atom stereocenters. The van der Waals surface area contributed by atoms with E-state index in [9.17, 15) is 0 Å². The molecule has 0 aliphatic carbocycles. The van der Waals surface area contributed by atoms with Crippen molar-refractivity contribution in [2.75, 3.05) is 13.7 Å². The molecule has 5 heteroatoms. The third-order valence-corrected chi connectivity index (χ3v) is 5.65. The zero-order chi connectivity index (χ0) is 18.3. The van der Waals surface area contributed by atoms with Gasteiger partial charge in [-0.25, -0.2) is 0 Å². The normalized spacial score (nSPS) is 18.1. The minimum atomic E-state index is 0.400. The molecule has 2 aromatic heterocycles. The van der Waals surface area contributed by atoms with Crippen LogP contribution >= 0.6 is 0 Å². The highest BCUT2D eigenvalue weighted by atomic mass is 16.5. The van der Waals surface area contributed by atoms with E-state index in [1.165, 1.54) is 34.9 Å². The maximum Gasteiger partial charge on any atom is 0.141 e. The smallest absolute Gasteiger partial charge is 0.141 e. The molecule has 0 N–H and O–H groups in total. The van der Waals surface area contributed by atoms with Crippen molar-refractivity contribution in [3.05, 3.63) is 47.0 Å². The van der Waals surface area contributed by atoms with Crippen molar-refractivity contribution in [2.24, 2.45) is 7.05 Å². The average Bonchev–Trinajstić information content (AvgIpc) is 3.33. The average molecular weight is 353 g/mol. The summed E-state index contributed by atoms with van der Waals surface area (Å²) in [6, 6.07) is 6.71. The highest BCUT2D eigenvalue weighted by Gasteiger charge is 2.31. The number of rotatable bonds is 5. The fraction of sp³-hybridized carbons (Fsp3) is 0.476. The van der Waals surface area contributed by atoms with E-state index in [0.717, 1.165) is 36.7 Å². The van der Waals surface area contributed by atoms with Crippen LogP contribution in [0.15, 0.2) is 28.9 Å². The molecule has 26 heavy (non-hydrogen) atoms. The van der Waals surface area contributed by atoms with E-state index >= 15 is 0 Å². The Balaban J connectivity index is 1.68. The lowest BCUT2D eigenvalue weighted by Gasteiger charge is -2.24. The van der Waals surface area contributed by atoms with E-state index in [1.807, 2.05) is 6.07 Å². The van der Waals surface area contributed by atoms with Crippen molar-refractivity contribution in [1.29, 1.82) is 0 Å².